The molecule has 0 aliphatic heterocycles. The Morgan fingerprint density at radius 3 is 2.56 bits per heavy atom. The SMILES string of the molecule is CCCCC[C@H](CC(=O)CCc1cc(OC)c(O)cc1CNC)OC(C)=O. The molecule has 1 rings (SSSR count). The number of hydrogen-bond acceptors (Lipinski definition) is 6. The van der Waals surface area contributed by atoms with Gasteiger partial charge < -0.3 is 19.9 Å². The van der Waals surface area contributed by atoms with Crippen LogP contribution in [0, 0.1) is 0 Å². The summed E-state index contributed by atoms with van der Waals surface area (Å²) >= 11 is 0. The molecule has 6 heteroatoms. The maximum Gasteiger partial charge on any atom is 0.302 e. The van der Waals surface area contributed by atoms with Crippen LogP contribution in [0.3, 0.4) is 0 Å². The number of methoxy groups -OCH3 is 1. The van der Waals surface area contributed by atoms with E-state index in [1.807, 2.05) is 7.05 Å². The first-order chi connectivity index (χ1) is 12.9. The zero-order chi connectivity index (χ0) is 20.2. The number of esters is 1. The van der Waals surface area contributed by atoms with Crippen molar-refractivity contribution in [3.05, 3.63) is 23.3 Å². The van der Waals surface area contributed by atoms with Crippen LogP contribution in [-0.2, 0) is 27.3 Å². The number of aromatic hydroxyl groups is 1. The largest absolute Gasteiger partial charge is 0.504 e. The molecule has 0 aliphatic rings. The molecule has 152 valence electrons. The van der Waals surface area contributed by atoms with Crippen molar-refractivity contribution < 1.29 is 24.2 Å². The standard InChI is InChI=1S/C21H33NO5/c1-5-6-7-8-19(27-15(2)23)13-18(24)10-9-16-12-21(26-4)20(25)11-17(16)14-22-3/h11-12,19,22,25H,5-10,13-14H2,1-4H3/t19-/m1/s1. The number of nitrogens with one attached hydrogen (secondary N) is 1. The highest BCUT2D eigenvalue weighted by Gasteiger charge is 2.17. The van der Waals surface area contributed by atoms with Gasteiger partial charge in [-0.15, -0.1) is 0 Å². The number of aryl methyl sites for hydroxylation is 1. The highest BCUT2D eigenvalue weighted by Crippen LogP contribution is 2.30. The second kappa shape index (κ2) is 12.3. The Kier molecular flexibility index (Phi) is 10.5. The highest BCUT2D eigenvalue weighted by atomic mass is 16.5. The molecule has 0 radical (unpaired) electrons. The number of rotatable bonds is 13. The summed E-state index contributed by atoms with van der Waals surface area (Å²) in [6, 6.07) is 3.45. The van der Waals surface area contributed by atoms with E-state index < -0.39 is 0 Å². The molecule has 0 aliphatic carbocycles. The minimum Gasteiger partial charge on any atom is -0.504 e. The summed E-state index contributed by atoms with van der Waals surface area (Å²) in [5.74, 6) is 0.211. The van der Waals surface area contributed by atoms with Gasteiger partial charge in [-0.2, -0.15) is 0 Å². The van der Waals surface area contributed by atoms with E-state index in [2.05, 4.69) is 12.2 Å². The maximum absolute atomic E-state index is 12.4. The molecule has 0 saturated heterocycles. The number of phenols is 1. The Labute approximate surface area is 162 Å². The van der Waals surface area contributed by atoms with Crippen LogP contribution in [0.5, 0.6) is 11.5 Å². The van der Waals surface area contributed by atoms with E-state index in [1.165, 1.54) is 14.0 Å². The van der Waals surface area contributed by atoms with Crippen molar-refractivity contribution in [3.8, 4) is 11.5 Å². The Balaban J connectivity index is 2.71. The summed E-state index contributed by atoms with van der Waals surface area (Å²) < 4.78 is 10.5. The molecule has 0 unspecified atom stereocenters. The number of benzene rings is 1. The van der Waals surface area contributed by atoms with E-state index in [9.17, 15) is 14.7 Å². The van der Waals surface area contributed by atoms with E-state index in [-0.39, 0.29) is 30.0 Å². The Morgan fingerprint density at radius 1 is 1.22 bits per heavy atom. The van der Waals surface area contributed by atoms with Crippen LogP contribution in [0.2, 0.25) is 0 Å². The van der Waals surface area contributed by atoms with Gasteiger partial charge in [-0.25, -0.2) is 0 Å². The van der Waals surface area contributed by atoms with Crippen LogP contribution in [0.25, 0.3) is 0 Å². The summed E-state index contributed by atoms with van der Waals surface area (Å²) in [5, 5.41) is 13.0. The normalized spacial score (nSPS) is 11.9. The molecule has 0 fully saturated rings. The van der Waals surface area contributed by atoms with Gasteiger partial charge in [0.1, 0.15) is 11.9 Å². The van der Waals surface area contributed by atoms with E-state index in [0.717, 1.165) is 36.8 Å². The minimum atomic E-state index is -0.344. The van der Waals surface area contributed by atoms with Gasteiger partial charge in [-0.3, -0.25) is 9.59 Å². The third-order valence-corrected chi connectivity index (χ3v) is 4.46. The van der Waals surface area contributed by atoms with Gasteiger partial charge in [-0.05, 0) is 49.6 Å². The summed E-state index contributed by atoms with van der Waals surface area (Å²) in [6.07, 6.45) is 4.63. The number of unbranched alkanes of at least 4 members (excludes halogenated alkanes) is 2. The Morgan fingerprint density at radius 2 is 1.96 bits per heavy atom. The molecule has 27 heavy (non-hydrogen) atoms. The Hall–Kier alpha value is -2.08. The molecule has 0 saturated carbocycles. The van der Waals surface area contributed by atoms with Crippen LogP contribution in [0.15, 0.2) is 12.1 Å². The average molecular weight is 379 g/mol. The molecule has 0 aromatic heterocycles. The first-order valence-corrected chi connectivity index (χ1v) is 9.63. The lowest BCUT2D eigenvalue weighted by molar-refractivity contribution is -0.148. The lowest BCUT2D eigenvalue weighted by Gasteiger charge is -2.17. The molecule has 1 aromatic carbocycles. The van der Waals surface area contributed by atoms with Crippen LogP contribution >= 0.6 is 0 Å². The van der Waals surface area contributed by atoms with Crippen molar-refractivity contribution in [2.45, 2.75) is 71.4 Å². The average Bonchev–Trinajstić information content (AvgIpc) is 2.61. The van der Waals surface area contributed by atoms with Gasteiger partial charge in [0.15, 0.2) is 11.5 Å². The number of hydrogen-bond donors (Lipinski definition) is 2. The second-order valence-corrected chi connectivity index (χ2v) is 6.79. The Bertz CT molecular complexity index is 615. The van der Waals surface area contributed by atoms with Crippen molar-refractivity contribution in [1.82, 2.24) is 5.32 Å². The molecule has 0 heterocycles. The van der Waals surface area contributed by atoms with Gasteiger partial charge in [0.25, 0.3) is 0 Å². The van der Waals surface area contributed by atoms with Crippen LogP contribution < -0.4 is 10.1 Å². The third kappa shape index (κ3) is 8.43. The smallest absolute Gasteiger partial charge is 0.302 e. The van der Waals surface area contributed by atoms with Gasteiger partial charge in [0.2, 0.25) is 0 Å². The highest BCUT2D eigenvalue weighted by molar-refractivity contribution is 5.79. The quantitative estimate of drug-likeness (QED) is 0.403. The fraction of sp³-hybridized carbons (Fsp3) is 0.619. The summed E-state index contributed by atoms with van der Waals surface area (Å²) in [4.78, 5) is 23.7. The van der Waals surface area contributed by atoms with Gasteiger partial charge in [0.05, 0.1) is 7.11 Å². The van der Waals surface area contributed by atoms with Crippen LogP contribution in [0.4, 0.5) is 0 Å². The topological polar surface area (TPSA) is 84.9 Å². The molecular weight excluding hydrogens is 346 g/mol. The first-order valence-electron chi connectivity index (χ1n) is 9.63. The third-order valence-electron chi connectivity index (χ3n) is 4.46. The van der Waals surface area contributed by atoms with Crippen LogP contribution in [-0.4, -0.2) is 37.1 Å². The number of ether oxygens (including phenoxy) is 2. The molecule has 0 bridgehead atoms. The van der Waals surface area contributed by atoms with E-state index in [1.54, 1.807) is 12.1 Å². The summed E-state index contributed by atoms with van der Waals surface area (Å²) in [7, 11) is 3.33. The lowest BCUT2D eigenvalue weighted by Crippen LogP contribution is -2.21. The number of ketones is 1. The van der Waals surface area contributed by atoms with Gasteiger partial charge >= 0.3 is 5.97 Å². The number of phenolic OH excluding ortho intramolecular Hbond substituents is 1. The van der Waals surface area contributed by atoms with Crippen molar-refractivity contribution >= 4 is 11.8 Å². The number of carbonyl (C=O) groups excluding carboxylic acids is 2. The van der Waals surface area contributed by atoms with Crippen molar-refractivity contribution in [1.29, 1.82) is 0 Å². The molecule has 6 nitrogen and oxygen atoms in total. The number of Topliss-reactive ketones (excluding diaryl/α,β-unsaturated/α-hetero) is 1. The molecule has 1 atom stereocenters. The minimum absolute atomic E-state index is 0.0696. The molecule has 0 spiro atoms. The predicted octanol–water partition coefficient (Wildman–Crippen LogP) is 3.52. The van der Waals surface area contributed by atoms with Crippen molar-refractivity contribution in [2.75, 3.05) is 14.2 Å². The predicted molar refractivity (Wildman–Crippen MR) is 105 cm³/mol. The van der Waals surface area contributed by atoms with Crippen molar-refractivity contribution in [2.24, 2.45) is 0 Å². The van der Waals surface area contributed by atoms with Gasteiger partial charge in [0, 0.05) is 26.3 Å². The number of carbonyl (C=O) groups is 2. The molecule has 2 N–H and O–H groups in total. The lowest BCUT2D eigenvalue weighted by atomic mass is 9.97. The second-order valence-electron chi connectivity index (χ2n) is 6.79. The van der Waals surface area contributed by atoms with E-state index in [4.69, 9.17) is 9.47 Å². The maximum atomic E-state index is 12.4. The zero-order valence-electron chi connectivity index (χ0n) is 17.0. The van der Waals surface area contributed by atoms with Crippen LogP contribution in [0.1, 0.15) is 63.5 Å². The summed E-state index contributed by atoms with van der Waals surface area (Å²) in [5.41, 5.74) is 1.89. The van der Waals surface area contributed by atoms with Gasteiger partial charge in [-0.1, -0.05) is 19.8 Å². The monoisotopic (exact) mass is 379 g/mol. The van der Waals surface area contributed by atoms with E-state index in [0.29, 0.717) is 25.1 Å². The molecule has 0 amide bonds. The summed E-state index contributed by atoms with van der Waals surface area (Å²) in [6.45, 7) is 4.08. The fourth-order valence-corrected chi connectivity index (χ4v) is 3.09. The first kappa shape index (κ1) is 23.0. The zero-order valence-corrected chi connectivity index (χ0v) is 17.0. The molecule has 1 aromatic rings. The van der Waals surface area contributed by atoms with E-state index >= 15 is 0 Å². The van der Waals surface area contributed by atoms with Crippen molar-refractivity contribution in [3.63, 3.8) is 0 Å². The molecular formula is C21H33NO5. The fourth-order valence-electron chi connectivity index (χ4n) is 3.09.